The predicted molar refractivity (Wildman–Crippen MR) is 162 cm³/mol. The first-order valence-electron chi connectivity index (χ1n) is 13.1. The summed E-state index contributed by atoms with van der Waals surface area (Å²) in [7, 11) is 0. The summed E-state index contributed by atoms with van der Waals surface area (Å²) in [5, 5.41) is 0. The van der Waals surface area contributed by atoms with Crippen molar-refractivity contribution in [3.8, 4) is 11.1 Å². The summed E-state index contributed by atoms with van der Waals surface area (Å²) in [6, 6.07) is 15.9. The van der Waals surface area contributed by atoms with Gasteiger partial charge in [0.05, 0.1) is 0 Å². The van der Waals surface area contributed by atoms with Gasteiger partial charge in [0.1, 0.15) is 11.1 Å². The van der Waals surface area contributed by atoms with Crippen LogP contribution in [0.3, 0.4) is 0 Å². The highest BCUT2D eigenvalue weighted by Crippen LogP contribution is 2.42. The van der Waals surface area contributed by atoms with Crippen LogP contribution in [0.2, 0.25) is 0 Å². The smallest absolute Gasteiger partial charge is 0.149 e. The minimum absolute atomic E-state index is 0. The van der Waals surface area contributed by atoms with Crippen LogP contribution in [0.15, 0.2) is 90.6 Å². The molecule has 3 aliphatic carbocycles. The summed E-state index contributed by atoms with van der Waals surface area (Å²) in [6.07, 6.45) is 22.2. The van der Waals surface area contributed by atoms with E-state index in [0.29, 0.717) is 5.92 Å². The third-order valence-corrected chi connectivity index (χ3v) is 7.11. The van der Waals surface area contributed by atoms with E-state index in [1.54, 1.807) is 0 Å². The van der Waals surface area contributed by atoms with Gasteiger partial charge in [0, 0.05) is 26.5 Å². The quantitative estimate of drug-likeness (QED) is 0.403. The maximum Gasteiger partial charge on any atom is 0.149 e. The molecule has 0 amide bonds. The third kappa shape index (κ3) is 8.67. The SMILES string of the molecule is C1=CC2CC2C=C1.CS(=O)O.Cc1ccc(-c2ccc3c(c2)CCCN3CC2=CC(C)CC=C2)cc1.N.[HH]. The second kappa shape index (κ2) is 13.7. The number of rotatable bonds is 3. The van der Waals surface area contributed by atoms with Gasteiger partial charge in [-0.25, -0.2) is 4.21 Å². The monoisotopic (exact) mass is 520 g/mol. The van der Waals surface area contributed by atoms with E-state index < -0.39 is 11.1 Å². The van der Waals surface area contributed by atoms with E-state index in [-0.39, 0.29) is 7.58 Å². The lowest BCUT2D eigenvalue weighted by atomic mass is 9.94. The van der Waals surface area contributed by atoms with Crippen molar-refractivity contribution in [1.29, 1.82) is 0 Å². The first-order valence-corrected chi connectivity index (χ1v) is 14.6. The van der Waals surface area contributed by atoms with Crippen LogP contribution in [0.4, 0.5) is 5.69 Å². The maximum atomic E-state index is 9.11. The lowest BCUT2D eigenvalue weighted by Crippen LogP contribution is -2.31. The number of hydrogen-bond donors (Lipinski definition) is 2. The van der Waals surface area contributed by atoms with Gasteiger partial charge < -0.3 is 15.6 Å². The van der Waals surface area contributed by atoms with Crippen LogP contribution >= 0.6 is 0 Å². The molecule has 0 aromatic heterocycles. The molecule has 1 heterocycles. The van der Waals surface area contributed by atoms with Crippen molar-refractivity contribution in [1.82, 2.24) is 6.15 Å². The summed E-state index contributed by atoms with van der Waals surface area (Å²) in [4.78, 5) is 2.56. The average molecular weight is 521 g/mol. The van der Waals surface area contributed by atoms with Gasteiger partial charge in [-0.1, -0.05) is 85.4 Å². The molecule has 0 spiro atoms. The third-order valence-electron chi connectivity index (χ3n) is 7.11. The fourth-order valence-electron chi connectivity index (χ4n) is 5.11. The Labute approximate surface area is 227 Å². The maximum absolute atomic E-state index is 9.11. The topological polar surface area (TPSA) is 75.5 Å². The van der Waals surface area contributed by atoms with Crippen molar-refractivity contribution in [3.63, 3.8) is 0 Å². The molecule has 2 aromatic carbocycles. The Kier molecular flexibility index (Phi) is 10.7. The molecular weight excluding hydrogens is 476 g/mol. The van der Waals surface area contributed by atoms with E-state index in [9.17, 15) is 0 Å². The largest absolute Gasteiger partial charge is 0.367 e. The van der Waals surface area contributed by atoms with E-state index in [1.807, 2.05) is 0 Å². The van der Waals surface area contributed by atoms with Gasteiger partial charge in [-0.3, -0.25) is 0 Å². The molecule has 4 N–H and O–H groups in total. The van der Waals surface area contributed by atoms with E-state index >= 15 is 0 Å². The lowest BCUT2D eigenvalue weighted by molar-refractivity contribution is 0.571. The van der Waals surface area contributed by atoms with Crippen molar-refractivity contribution >= 4 is 16.8 Å². The van der Waals surface area contributed by atoms with Crippen LogP contribution in [0.25, 0.3) is 11.1 Å². The van der Waals surface area contributed by atoms with Crippen LogP contribution in [0, 0.1) is 24.7 Å². The summed E-state index contributed by atoms with van der Waals surface area (Å²) in [6.45, 7) is 6.65. The molecule has 0 radical (unpaired) electrons. The fourth-order valence-corrected chi connectivity index (χ4v) is 5.11. The van der Waals surface area contributed by atoms with Crippen molar-refractivity contribution in [2.24, 2.45) is 17.8 Å². The second-order valence-corrected chi connectivity index (χ2v) is 11.2. The molecule has 1 aliphatic heterocycles. The molecule has 0 bridgehead atoms. The second-order valence-electron chi connectivity index (χ2n) is 10.3. The highest BCUT2D eigenvalue weighted by molar-refractivity contribution is 7.78. The zero-order valence-electron chi connectivity index (χ0n) is 22.5. The molecule has 2 aromatic rings. The minimum atomic E-state index is -1.61. The van der Waals surface area contributed by atoms with Crippen molar-refractivity contribution < 1.29 is 10.2 Å². The molecule has 0 saturated heterocycles. The molecule has 5 heteroatoms. The Morgan fingerprint density at radius 3 is 2.32 bits per heavy atom. The first kappa shape index (κ1) is 28.8. The van der Waals surface area contributed by atoms with Gasteiger partial charge >= 0.3 is 0 Å². The van der Waals surface area contributed by atoms with Crippen LogP contribution in [-0.2, 0) is 17.5 Å². The Hall–Kier alpha value is -2.73. The fraction of sp³-hybridized carbons (Fsp3) is 0.375. The van der Waals surface area contributed by atoms with Gasteiger partial charge in [-0.05, 0) is 84.8 Å². The highest BCUT2D eigenvalue weighted by Gasteiger charge is 2.32. The first-order chi connectivity index (χ1) is 17.4. The van der Waals surface area contributed by atoms with Gasteiger partial charge in [-0.2, -0.15) is 0 Å². The molecule has 4 unspecified atom stereocenters. The molecule has 200 valence electrons. The Morgan fingerprint density at radius 1 is 1.05 bits per heavy atom. The molecule has 4 aliphatic rings. The Bertz CT molecular complexity index is 1170. The van der Waals surface area contributed by atoms with Crippen molar-refractivity contribution in [2.75, 3.05) is 24.2 Å². The zero-order chi connectivity index (χ0) is 25.5. The standard InChI is InChI=1S/C24H27N.C7H8.CH4O2S.H3N.H2/c1-18-8-10-21(11-9-18)22-12-13-24-23(16-22)7-4-14-25(24)17-20-6-3-5-19(2)15-20;1-2-4-7-5-6(7)3-1;1-4(2)3;;/h3,6,8-13,15-16,19H,4-5,7,14,17H2,1-2H3;1-4,6-7H,5H2;1H3,(H,2,3);1H3;1H. The van der Waals surface area contributed by atoms with Crippen molar-refractivity contribution in [3.05, 3.63) is 102 Å². The van der Waals surface area contributed by atoms with Gasteiger partial charge in [-0.15, -0.1) is 0 Å². The van der Waals surface area contributed by atoms with Gasteiger partial charge in [0.15, 0.2) is 0 Å². The summed E-state index contributed by atoms with van der Waals surface area (Å²) >= 11 is -1.61. The van der Waals surface area contributed by atoms with Crippen LogP contribution in [-0.4, -0.2) is 28.1 Å². The normalized spacial score (nSPS) is 23.1. The summed E-state index contributed by atoms with van der Waals surface area (Å²) in [5.74, 6) is 2.54. The molecule has 1 fully saturated rings. The molecular formula is C32H44N2O2S. The average Bonchev–Trinajstić information content (AvgIpc) is 3.65. The Balaban J connectivity index is 0.000000325. The summed E-state index contributed by atoms with van der Waals surface area (Å²) < 4.78 is 16.6. The predicted octanol–water partition coefficient (Wildman–Crippen LogP) is 7.93. The number of benzene rings is 2. The summed E-state index contributed by atoms with van der Waals surface area (Å²) in [5.41, 5.74) is 8.36. The molecule has 4 atom stereocenters. The number of nitrogens with zero attached hydrogens (tertiary/aromatic N) is 1. The number of aryl methyl sites for hydroxylation is 2. The van der Waals surface area contributed by atoms with Crippen LogP contribution in [0.1, 0.15) is 38.7 Å². The van der Waals surface area contributed by atoms with E-state index in [4.69, 9.17) is 8.76 Å². The van der Waals surface area contributed by atoms with Crippen molar-refractivity contribution in [2.45, 2.75) is 39.5 Å². The van der Waals surface area contributed by atoms with Crippen LogP contribution < -0.4 is 11.1 Å². The van der Waals surface area contributed by atoms with E-state index in [0.717, 1.165) is 24.9 Å². The number of allylic oxidation sites excluding steroid dienone is 6. The highest BCUT2D eigenvalue weighted by atomic mass is 32.2. The van der Waals surface area contributed by atoms with Crippen LogP contribution in [0.5, 0.6) is 0 Å². The molecule has 1 saturated carbocycles. The minimum Gasteiger partial charge on any atom is -0.367 e. The van der Waals surface area contributed by atoms with E-state index in [1.165, 1.54) is 65.5 Å². The molecule has 6 rings (SSSR count). The molecule has 37 heavy (non-hydrogen) atoms. The number of anilines is 1. The lowest BCUT2D eigenvalue weighted by Gasteiger charge is -2.32. The number of fused-ring (bicyclic) bond motifs is 2. The Morgan fingerprint density at radius 2 is 1.70 bits per heavy atom. The molecule has 4 nitrogen and oxygen atoms in total. The zero-order valence-corrected chi connectivity index (χ0v) is 23.3. The van der Waals surface area contributed by atoms with Gasteiger partial charge in [0.2, 0.25) is 0 Å². The number of hydrogen-bond acceptors (Lipinski definition) is 3. The van der Waals surface area contributed by atoms with E-state index in [2.05, 4.69) is 104 Å². The van der Waals surface area contributed by atoms with Gasteiger partial charge in [0.25, 0.3) is 0 Å².